The second-order valence-corrected chi connectivity index (χ2v) is 13.1. The van der Waals surface area contributed by atoms with E-state index in [1.807, 2.05) is 0 Å². The second-order valence-electron chi connectivity index (χ2n) is 7.65. The molecule has 0 aromatic carbocycles. The number of ketones is 1. The van der Waals surface area contributed by atoms with Crippen molar-refractivity contribution >= 4 is 25.9 Å². The molecule has 0 saturated carbocycles. The Morgan fingerprint density at radius 3 is 2.00 bits per heavy atom. The number of carbonyl (C=O) groups is 3. The van der Waals surface area contributed by atoms with E-state index in [1.54, 1.807) is 27.7 Å². The Balaban J connectivity index is 5.10. The molecule has 7 heteroatoms. The molecule has 1 amide bonds. The fourth-order valence-corrected chi connectivity index (χ4v) is 3.04. The van der Waals surface area contributed by atoms with Crippen molar-refractivity contribution in [3.8, 4) is 0 Å². The Bertz CT molecular complexity index is 423. The summed E-state index contributed by atoms with van der Waals surface area (Å²) in [6.45, 7) is 14.3. The van der Waals surface area contributed by atoms with Crippen LogP contribution in [0.5, 0.6) is 0 Å². The van der Waals surface area contributed by atoms with Crippen LogP contribution in [0.4, 0.5) is 4.79 Å². The summed E-state index contributed by atoms with van der Waals surface area (Å²) in [7, 11) is -1.66. The van der Waals surface area contributed by atoms with Crippen LogP contribution in [0.3, 0.4) is 0 Å². The molecule has 0 spiro atoms. The summed E-state index contributed by atoms with van der Waals surface area (Å²) >= 11 is 0. The Labute approximate surface area is 134 Å². The summed E-state index contributed by atoms with van der Waals surface area (Å²) in [6.07, 6.45) is -0.0691. The van der Waals surface area contributed by atoms with Crippen LogP contribution >= 0.6 is 0 Å². The van der Waals surface area contributed by atoms with Crippen LogP contribution < -0.4 is 0 Å². The molecule has 0 aromatic rings. The maximum Gasteiger partial charge on any atom is 0.410 e. The third kappa shape index (κ3) is 8.81. The van der Waals surface area contributed by atoms with Gasteiger partial charge in [-0.15, -0.1) is 0 Å². The van der Waals surface area contributed by atoms with Gasteiger partial charge in [-0.1, -0.05) is 19.6 Å². The molecule has 0 radical (unpaired) electrons. The zero-order valence-electron chi connectivity index (χ0n) is 15.0. The highest BCUT2D eigenvalue weighted by Crippen LogP contribution is 2.15. The minimum Gasteiger partial charge on any atom is -0.456 e. The van der Waals surface area contributed by atoms with Gasteiger partial charge in [-0.2, -0.15) is 0 Å². The van der Waals surface area contributed by atoms with Crippen molar-refractivity contribution in [2.75, 3.05) is 12.8 Å². The lowest BCUT2D eigenvalue weighted by Gasteiger charge is -2.34. The van der Waals surface area contributed by atoms with Crippen molar-refractivity contribution in [3.63, 3.8) is 0 Å². The van der Waals surface area contributed by atoms with Crippen molar-refractivity contribution in [1.82, 2.24) is 4.90 Å². The first kappa shape index (κ1) is 20.6. The summed E-state index contributed by atoms with van der Waals surface area (Å²) < 4.78 is 10.3. The molecule has 0 fully saturated rings. The van der Waals surface area contributed by atoms with E-state index in [2.05, 4.69) is 19.6 Å². The van der Waals surface area contributed by atoms with Crippen LogP contribution in [0.15, 0.2) is 0 Å². The molecule has 0 aromatic heterocycles. The molecule has 22 heavy (non-hydrogen) atoms. The second kappa shape index (κ2) is 7.76. The van der Waals surface area contributed by atoms with Gasteiger partial charge in [0, 0.05) is 6.17 Å². The standard InChI is InChI=1S/C15H29NO5Si/c1-11(17)9-20-13(18)12(2)16(10-22(6,7)8)14(19)21-15(3,4)5/h12H,9-10H2,1-8H3. The lowest BCUT2D eigenvalue weighted by molar-refractivity contribution is -0.152. The minimum absolute atomic E-state index is 0.241. The number of ether oxygens (including phenoxy) is 2. The van der Waals surface area contributed by atoms with Crippen molar-refractivity contribution in [1.29, 1.82) is 0 Å². The van der Waals surface area contributed by atoms with Crippen molar-refractivity contribution in [2.45, 2.75) is 65.9 Å². The Kier molecular flexibility index (Phi) is 7.27. The Morgan fingerprint density at radius 2 is 1.64 bits per heavy atom. The number of esters is 1. The fourth-order valence-electron chi connectivity index (χ4n) is 1.61. The first-order chi connectivity index (χ1) is 9.73. The monoisotopic (exact) mass is 331 g/mol. The first-order valence-corrected chi connectivity index (χ1v) is 11.1. The third-order valence-electron chi connectivity index (χ3n) is 2.50. The van der Waals surface area contributed by atoms with Crippen LogP contribution in [0.2, 0.25) is 19.6 Å². The van der Waals surface area contributed by atoms with Crippen molar-refractivity contribution in [3.05, 3.63) is 0 Å². The van der Waals surface area contributed by atoms with E-state index in [1.165, 1.54) is 11.8 Å². The Morgan fingerprint density at radius 1 is 1.14 bits per heavy atom. The van der Waals surface area contributed by atoms with Gasteiger partial charge in [-0.05, 0) is 34.6 Å². The maximum absolute atomic E-state index is 12.4. The summed E-state index contributed by atoms with van der Waals surface area (Å²) in [6, 6.07) is -0.791. The van der Waals surface area contributed by atoms with E-state index < -0.39 is 31.8 Å². The van der Waals surface area contributed by atoms with Crippen molar-refractivity contribution in [2.24, 2.45) is 0 Å². The molecule has 0 heterocycles. The number of carbonyl (C=O) groups excluding carboxylic acids is 3. The molecule has 6 nitrogen and oxygen atoms in total. The summed E-state index contributed by atoms with van der Waals surface area (Å²) in [5, 5.41) is 0. The molecule has 0 aliphatic carbocycles. The predicted octanol–water partition coefficient (Wildman–Crippen LogP) is 2.62. The van der Waals surface area contributed by atoms with Gasteiger partial charge >= 0.3 is 12.1 Å². The van der Waals surface area contributed by atoms with Gasteiger partial charge in [-0.3, -0.25) is 9.69 Å². The normalized spacial score (nSPS) is 13.3. The molecule has 128 valence electrons. The molecule has 0 bridgehead atoms. The molecule has 0 saturated heterocycles. The molecule has 0 aliphatic heterocycles. The smallest absolute Gasteiger partial charge is 0.410 e. The number of hydrogen-bond acceptors (Lipinski definition) is 5. The van der Waals surface area contributed by atoms with Gasteiger partial charge in [0.25, 0.3) is 0 Å². The predicted molar refractivity (Wildman–Crippen MR) is 87.4 cm³/mol. The van der Waals surface area contributed by atoms with Gasteiger partial charge in [0.15, 0.2) is 5.78 Å². The molecule has 0 N–H and O–H groups in total. The van der Waals surface area contributed by atoms with E-state index in [9.17, 15) is 14.4 Å². The van der Waals surface area contributed by atoms with Gasteiger partial charge in [-0.25, -0.2) is 9.59 Å². The van der Waals surface area contributed by atoms with Crippen LogP contribution in [0, 0.1) is 0 Å². The van der Waals surface area contributed by atoms with E-state index in [0.29, 0.717) is 6.17 Å². The van der Waals surface area contributed by atoms with Gasteiger partial charge in [0.1, 0.15) is 18.2 Å². The molecule has 0 aliphatic rings. The summed E-state index contributed by atoms with van der Waals surface area (Å²) in [4.78, 5) is 36.7. The highest BCUT2D eigenvalue weighted by molar-refractivity contribution is 6.76. The SMILES string of the molecule is CC(=O)COC(=O)C(C)N(C[Si](C)(C)C)C(=O)OC(C)(C)C. The number of Topliss-reactive ketones (excluding diaryl/α,β-unsaturated/α-hetero) is 1. The van der Waals surface area contributed by atoms with E-state index >= 15 is 0 Å². The highest BCUT2D eigenvalue weighted by atomic mass is 28.3. The maximum atomic E-state index is 12.4. The van der Waals surface area contributed by atoms with Crippen LogP contribution in [-0.2, 0) is 19.1 Å². The number of rotatable bonds is 6. The fraction of sp³-hybridized carbons (Fsp3) is 0.800. The molecular weight excluding hydrogens is 302 g/mol. The minimum atomic E-state index is -1.66. The van der Waals surface area contributed by atoms with E-state index in [-0.39, 0.29) is 12.4 Å². The zero-order chi connectivity index (χ0) is 17.7. The third-order valence-corrected chi connectivity index (χ3v) is 3.79. The first-order valence-electron chi connectivity index (χ1n) is 7.38. The number of hydrogen-bond donors (Lipinski definition) is 0. The van der Waals surface area contributed by atoms with Gasteiger partial charge in [0.2, 0.25) is 0 Å². The number of amides is 1. The average Bonchev–Trinajstić information content (AvgIpc) is 2.28. The van der Waals surface area contributed by atoms with E-state index in [4.69, 9.17) is 9.47 Å². The van der Waals surface area contributed by atoms with Gasteiger partial charge < -0.3 is 9.47 Å². The molecule has 1 atom stereocenters. The lowest BCUT2D eigenvalue weighted by Crippen LogP contribution is -2.52. The van der Waals surface area contributed by atoms with E-state index in [0.717, 1.165) is 0 Å². The Hall–Kier alpha value is -1.37. The molecule has 0 rings (SSSR count). The zero-order valence-corrected chi connectivity index (χ0v) is 16.0. The lowest BCUT2D eigenvalue weighted by atomic mass is 10.2. The average molecular weight is 331 g/mol. The number of nitrogens with zero attached hydrogens (tertiary/aromatic N) is 1. The van der Waals surface area contributed by atoms with Crippen LogP contribution in [-0.4, -0.2) is 55.2 Å². The largest absolute Gasteiger partial charge is 0.456 e. The summed E-state index contributed by atoms with van der Waals surface area (Å²) in [5.74, 6) is -0.839. The molecular formula is C15H29NO5Si. The van der Waals surface area contributed by atoms with Crippen LogP contribution in [0.1, 0.15) is 34.6 Å². The summed E-state index contributed by atoms with van der Waals surface area (Å²) in [5.41, 5.74) is -0.641. The van der Waals surface area contributed by atoms with Gasteiger partial charge in [0.05, 0.1) is 8.07 Å². The highest BCUT2D eigenvalue weighted by Gasteiger charge is 2.34. The quantitative estimate of drug-likeness (QED) is 0.552. The topological polar surface area (TPSA) is 72.9 Å². The molecule has 1 unspecified atom stereocenters. The van der Waals surface area contributed by atoms with Crippen LogP contribution in [0.25, 0.3) is 0 Å². The van der Waals surface area contributed by atoms with Crippen molar-refractivity contribution < 1.29 is 23.9 Å².